The van der Waals surface area contributed by atoms with E-state index in [9.17, 15) is 19.5 Å². The molecular weight excluding hydrogens is 344 g/mol. The van der Waals surface area contributed by atoms with Gasteiger partial charge < -0.3 is 20.5 Å². The van der Waals surface area contributed by atoms with Crippen LogP contribution in [0.1, 0.15) is 12.0 Å². The number of carbonyl (C=O) groups excluding carboxylic acids is 3. The second-order valence-corrected chi connectivity index (χ2v) is 6.08. The van der Waals surface area contributed by atoms with E-state index < -0.39 is 23.7 Å². The predicted octanol–water partition coefficient (Wildman–Crippen LogP) is -0.471. The maximum Gasteiger partial charge on any atom is 0.240 e. The normalized spacial score (nSPS) is 18.8. The maximum atomic E-state index is 11.7. The van der Waals surface area contributed by atoms with Gasteiger partial charge in [-0.05, 0) is 11.6 Å². The van der Waals surface area contributed by atoms with Crippen molar-refractivity contribution in [1.29, 1.82) is 0 Å². The van der Waals surface area contributed by atoms with Gasteiger partial charge in [0, 0.05) is 12.6 Å². The Morgan fingerprint density at radius 2 is 2.08 bits per heavy atom. The summed E-state index contributed by atoms with van der Waals surface area (Å²) >= 11 is 1.06. The van der Waals surface area contributed by atoms with E-state index in [1.165, 1.54) is 6.21 Å². The lowest BCUT2D eigenvalue weighted by atomic mass is 10.2. The summed E-state index contributed by atoms with van der Waals surface area (Å²) in [6, 6.07) is 9.65. The maximum absolute atomic E-state index is 11.7. The molecular formula is C16H15N4O4S-. The number of nitrogens with zero attached hydrogens (tertiary/aromatic N) is 2. The van der Waals surface area contributed by atoms with Gasteiger partial charge in [0.1, 0.15) is 5.25 Å². The monoisotopic (exact) mass is 359 g/mol. The molecule has 0 bridgehead atoms. The number of hydrogen-bond acceptors (Lipinski definition) is 7. The molecule has 1 aliphatic rings. The van der Waals surface area contributed by atoms with Crippen molar-refractivity contribution in [1.82, 2.24) is 10.6 Å². The third-order valence-electron chi connectivity index (χ3n) is 2.97. The predicted molar refractivity (Wildman–Crippen MR) is 93.6 cm³/mol. The number of hydrogen-bond donors (Lipinski definition) is 2. The van der Waals surface area contributed by atoms with Crippen LogP contribution in [0.3, 0.4) is 0 Å². The average molecular weight is 359 g/mol. The highest BCUT2D eigenvalue weighted by atomic mass is 32.2. The van der Waals surface area contributed by atoms with Gasteiger partial charge in [-0.1, -0.05) is 48.2 Å². The van der Waals surface area contributed by atoms with Crippen LogP contribution in [-0.2, 0) is 14.4 Å². The van der Waals surface area contributed by atoms with Gasteiger partial charge in [-0.25, -0.2) is 0 Å². The smallest absolute Gasteiger partial charge is 0.240 e. The topological polar surface area (TPSA) is 123 Å². The van der Waals surface area contributed by atoms with Crippen LogP contribution in [0, 0.1) is 0 Å². The minimum atomic E-state index is -1.39. The first-order valence-corrected chi connectivity index (χ1v) is 8.19. The van der Waals surface area contributed by atoms with Gasteiger partial charge in [0.15, 0.2) is 5.17 Å². The van der Waals surface area contributed by atoms with E-state index in [-0.39, 0.29) is 17.5 Å². The fraction of sp³-hybridized carbons (Fsp3) is 0.188. The molecule has 2 amide bonds. The molecule has 2 N–H and O–H groups in total. The molecule has 1 saturated heterocycles. The quantitative estimate of drug-likeness (QED) is 0.503. The molecule has 0 aromatic heterocycles. The Hall–Kier alpha value is -2.94. The first-order valence-electron chi connectivity index (χ1n) is 7.31. The van der Waals surface area contributed by atoms with Gasteiger partial charge >= 0.3 is 0 Å². The molecule has 1 atom stereocenters. The minimum absolute atomic E-state index is 0.152. The first kappa shape index (κ1) is 18.4. The second-order valence-electron chi connectivity index (χ2n) is 4.89. The number of benzene rings is 1. The zero-order valence-electron chi connectivity index (χ0n) is 13.0. The van der Waals surface area contributed by atoms with E-state index >= 15 is 0 Å². The van der Waals surface area contributed by atoms with Crippen molar-refractivity contribution < 1.29 is 19.5 Å². The summed E-state index contributed by atoms with van der Waals surface area (Å²) in [5.41, 5.74) is 1.02. The Balaban J connectivity index is 1.81. The molecule has 0 spiro atoms. The molecule has 25 heavy (non-hydrogen) atoms. The highest BCUT2D eigenvalue weighted by Crippen LogP contribution is 2.22. The molecule has 1 aromatic carbocycles. The van der Waals surface area contributed by atoms with Crippen LogP contribution in [-0.4, -0.2) is 41.0 Å². The molecule has 0 saturated carbocycles. The molecule has 0 unspecified atom stereocenters. The number of carboxylic acids is 1. The van der Waals surface area contributed by atoms with Crippen LogP contribution < -0.4 is 15.7 Å². The average Bonchev–Trinajstić information content (AvgIpc) is 2.93. The fourth-order valence-corrected chi connectivity index (χ4v) is 2.76. The van der Waals surface area contributed by atoms with E-state index in [4.69, 9.17) is 0 Å². The summed E-state index contributed by atoms with van der Waals surface area (Å²) in [4.78, 5) is 33.5. The van der Waals surface area contributed by atoms with Crippen molar-refractivity contribution in [2.24, 2.45) is 10.2 Å². The number of carbonyl (C=O) groups is 3. The minimum Gasteiger partial charge on any atom is -0.548 e. The van der Waals surface area contributed by atoms with Gasteiger partial charge in [0.25, 0.3) is 0 Å². The lowest BCUT2D eigenvalue weighted by Crippen LogP contribution is -2.39. The molecule has 130 valence electrons. The number of aliphatic carboxylic acids is 1. The molecule has 2 rings (SSSR count). The zero-order chi connectivity index (χ0) is 18.1. The molecule has 8 nitrogen and oxygen atoms in total. The molecule has 0 radical (unpaired) electrons. The van der Waals surface area contributed by atoms with Gasteiger partial charge in [0.05, 0.1) is 12.5 Å². The number of carboxylic acid groups (broad SMARTS) is 1. The van der Waals surface area contributed by atoms with Crippen molar-refractivity contribution in [3.63, 3.8) is 0 Å². The number of nitrogens with one attached hydrogen (secondary N) is 2. The number of rotatable bonds is 7. The third-order valence-corrected chi connectivity index (χ3v) is 4.04. The summed E-state index contributed by atoms with van der Waals surface area (Å²) in [6.07, 6.45) is 4.90. The Morgan fingerprint density at radius 3 is 2.80 bits per heavy atom. The molecule has 9 heteroatoms. The Morgan fingerprint density at radius 1 is 1.32 bits per heavy atom. The van der Waals surface area contributed by atoms with Crippen LogP contribution >= 0.6 is 11.8 Å². The van der Waals surface area contributed by atoms with Gasteiger partial charge in [-0.3, -0.25) is 9.59 Å². The van der Waals surface area contributed by atoms with E-state index in [2.05, 4.69) is 20.8 Å². The Bertz CT molecular complexity index is 731. The SMILES string of the molecule is O=C([O-])CNC(=O)C[C@H]1S/C(=N/N=C\C=C\c2ccccc2)NC1=O. The molecule has 0 aliphatic carbocycles. The second kappa shape index (κ2) is 9.38. The van der Waals surface area contributed by atoms with Crippen LogP contribution in [0.5, 0.6) is 0 Å². The van der Waals surface area contributed by atoms with Crippen molar-refractivity contribution in [2.45, 2.75) is 11.7 Å². The summed E-state index contributed by atoms with van der Waals surface area (Å²) < 4.78 is 0. The molecule has 1 aliphatic heterocycles. The largest absolute Gasteiger partial charge is 0.548 e. The van der Waals surface area contributed by atoms with Crippen LogP contribution in [0.2, 0.25) is 0 Å². The van der Waals surface area contributed by atoms with Gasteiger partial charge in [0.2, 0.25) is 11.8 Å². The Kier molecular flexibility index (Phi) is 6.90. The van der Waals surface area contributed by atoms with Gasteiger partial charge in [-0.15, -0.1) is 5.10 Å². The fourth-order valence-electron chi connectivity index (χ4n) is 1.84. The van der Waals surface area contributed by atoms with Crippen LogP contribution in [0.15, 0.2) is 46.6 Å². The van der Waals surface area contributed by atoms with Crippen LogP contribution in [0.4, 0.5) is 0 Å². The molecule has 1 aromatic rings. The first-order chi connectivity index (χ1) is 12.0. The summed E-state index contributed by atoms with van der Waals surface area (Å²) in [7, 11) is 0. The molecule has 1 fully saturated rings. The number of amidine groups is 1. The van der Waals surface area contributed by atoms with E-state index in [0.29, 0.717) is 0 Å². The zero-order valence-corrected chi connectivity index (χ0v) is 13.9. The lowest BCUT2D eigenvalue weighted by molar-refractivity contribution is -0.304. The summed E-state index contributed by atoms with van der Waals surface area (Å²) in [5, 5.41) is 22.2. The summed E-state index contributed by atoms with van der Waals surface area (Å²) in [5.74, 6) is -2.31. The van der Waals surface area contributed by atoms with Gasteiger partial charge in [-0.2, -0.15) is 5.10 Å². The molecule has 1 heterocycles. The highest BCUT2D eigenvalue weighted by molar-refractivity contribution is 8.15. The number of allylic oxidation sites excluding steroid dienone is 1. The van der Waals surface area contributed by atoms with Crippen molar-refractivity contribution in [3.8, 4) is 0 Å². The lowest BCUT2D eigenvalue weighted by Gasteiger charge is -2.07. The van der Waals surface area contributed by atoms with Crippen LogP contribution in [0.25, 0.3) is 6.08 Å². The number of amides is 2. The highest BCUT2D eigenvalue weighted by Gasteiger charge is 2.32. The Labute approximate surface area is 148 Å². The standard InChI is InChI=1S/C16H16N4O4S/c21-13(17-10-14(22)23)9-12-15(24)19-16(25-12)20-18-8-4-7-11-5-2-1-3-6-11/h1-8,12H,9-10H2,(H,17,21)(H,22,23)(H,19,20,24)/p-1/b7-4+,18-8-/t12-/m1/s1. The van der Waals surface area contributed by atoms with E-state index in [1.54, 1.807) is 6.08 Å². The van der Waals surface area contributed by atoms with E-state index in [1.807, 2.05) is 36.4 Å². The third kappa shape index (κ3) is 6.60. The van der Waals surface area contributed by atoms with Crippen molar-refractivity contribution >= 4 is 47.0 Å². The number of thioether (sulfide) groups is 1. The summed E-state index contributed by atoms with van der Waals surface area (Å²) in [6.45, 7) is -0.586. The van der Waals surface area contributed by atoms with Crippen molar-refractivity contribution in [2.75, 3.05) is 6.54 Å². The van der Waals surface area contributed by atoms with Crippen molar-refractivity contribution in [3.05, 3.63) is 42.0 Å². The van der Waals surface area contributed by atoms with E-state index in [0.717, 1.165) is 17.3 Å².